The third kappa shape index (κ3) is 4.67. The van der Waals surface area contributed by atoms with Gasteiger partial charge in [-0.05, 0) is 51.7 Å². The molecule has 3 aromatic rings. The number of aliphatic hydroxyl groups is 1. The molecule has 1 atom stereocenters. The number of nitrogens with one attached hydrogen (secondary N) is 1. The van der Waals surface area contributed by atoms with Crippen LogP contribution >= 0.6 is 0 Å². The lowest BCUT2D eigenvalue weighted by Gasteiger charge is -2.33. The topological polar surface area (TPSA) is 115 Å². The molecule has 10 nitrogen and oxygen atoms in total. The number of aliphatic hydroxyl groups excluding tert-OH is 1. The van der Waals surface area contributed by atoms with Gasteiger partial charge < -0.3 is 24.8 Å². The van der Waals surface area contributed by atoms with Crippen molar-refractivity contribution in [2.24, 2.45) is 0 Å². The van der Waals surface area contributed by atoms with E-state index in [1.165, 1.54) is 0 Å². The highest BCUT2D eigenvalue weighted by Crippen LogP contribution is 2.37. The van der Waals surface area contributed by atoms with Crippen molar-refractivity contribution in [2.75, 3.05) is 36.5 Å². The second-order valence-corrected chi connectivity index (χ2v) is 10.5. The third-order valence-electron chi connectivity index (χ3n) is 7.39. The standard InChI is InChI=1S/C27H32N6O4/c1-27(2)25-20(26(35)37-27)5-6-23(31-25)30-24-12-22(32-9-3-4-19(34)16-32)21(14-28-24)17-13-29-33(15-17)18-7-10-36-11-8-18/h5-6,12-15,18-19,34H,3-4,7-11,16H2,1-2H3,(H,28,30,31)/t19-/m0/s1. The minimum absolute atomic E-state index is 0.336. The number of fused-ring (bicyclic) bond motifs is 1. The first-order chi connectivity index (χ1) is 17.9. The number of aromatic nitrogens is 4. The predicted octanol–water partition coefficient (Wildman–Crippen LogP) is 3.80. The molecule has 37 heavy (non-hydrogen) atoms. The predicted molar refractivity (Wildman–Crippen MR) is 138 cm³/mol. The van der Waals surface area contributed by atoms with Gasteiger partial charge in [-0.1, -0.05) is 0 Å². The van der Waals surface area contributed by atoms with Crippen LogP contribution < -0.4 is 10.2 Å². The van der Waals surface area contributed by atoms with Crippen molar-refractivity contribution in [3.8, 4) is 11.1 Å². The van der Waals surface area contributed by atoms with E-state index in [4.69, 9.17) is 14.5 Å². The Balaban J connectivity index is 1.33. The van der Waals surface area contributed by atoms with Gasteiger partial charge >= 0.3 is 5.97 Å². The monoisotopic (exact) mass is 504 g/mol. The van der Waals surface area contributed by atoms with Crippen molar-refractivity contribution in [2.45, 2.75) is 57.3 Å². The zero-order chi connectivity index (χ0) is 25.6. The maximum Gasteiger partial charge on any atom is 0.341 e. The number of rotatable bonds is 5. The van der Waals surface area contributed by atoms with Gasteiger partial charge in [0.1, 0.15) is 22.9 Å². The summed E-state index contributed by atoms with van der Waals surface area (Å²) in [5.74, 6) is 0.863. The molecule has 3 aromatic heterocycles. The second kappa shape index (κ2) is 9.42. The highest BCUT2D eigenvalue weighted by atomic mass is 16.6. The molecular weight excluding hydrogens is 472 g/mol. The molecular formula is C27H32N6O4. The summed E-state index contributed by atoms with van der Waals surface area (Å²) in [4.78, 5) is 23.7. The number of hydrogen-bond donors (Lipinski definition) is 2. The summed E-state index contributed by atoms with van der Waals surface area (Å²) in [7, 11) is 0. The lowest BCUT2D eigenvalue weighted by atomic mass is 10.0. The van der Waals surface area contributed by atoms with E-state index in [-0.39, 0.29) is 12.1 Å². The van der Waals surface area contributed by atoms with Crippen LogP contribution in [0.2, 0.25) is 0 Å². The fraction of sp³-hybridized carbons (Fsp3) is 0.481. The van der Waals surface area contributed by atoms with Gasteiger partial charge in [0.25, 0.3) is 0 Å². The molecule has 3 aliphatic heterocycles. The molecule has 0 amide bonds. The van der Waals surface area contributed by atoms with E-state index in [9.17, 15) is 9.90 Å². The van der Waals surface area contributed by atoms with Gasteiger partial charge in [-0.2, -0.15) is 5.10 Å². The summed E-state index contributed by atoms with van der Waals surface area (Å²) in [5.41, 5.74) is 3.28. The van der Waals surface area contributed by atoms with Gasteiger partial charge in [0.2, 0.25) is 0 Å². The number of piperidine rings is 1. The first kappa shape index (κ1) is 23.9. The van der Waals surface area contributed by atoms with E-state index >= 15 is 0 Å². The van der Waals surface area contributed by atoms with Gasteiger partial charge in [0.15, 0.2) is 0 Å². The van der Waals surface area contributed by atoms with Gasteiger partial charge in [-0.15, -0.1) is 0 Å². The molecule has 10 heteroatoms. The minimum atomic E-state index is -0.777. The number of esters is 1. The molecule has 6 rings (SSSR count). The lowest BCUT2D eigenvalue weighted by molar-refractivity contribution is 0.00833. The Kier molecular flexibility index (Phi) is 6.08. The number of nitrogens with zero attached hydrogens (tertiary/aromatic N) is 5. The molecule has 2 saturated heterocycles. The molecule has 0 saturated carbocycles. The fourth-order valence-electron chi connectivity index (χ4n) is 5.42. The van der Waals surface area contributed by atoms with Crippen molar-refractivity contribution >= 4 is 23.3 Å². The zero-order valence-electron chi connectivity index (χ0n) is 21.2. The van der Waals surface area contributed by atoms with Crippen LogP contribution in [0.1, 0.15) is 61.6 Å². The van der Waals surface area contributed by atoms with E-state index in [2.05, 4.69) is 26.5 Å². The van der Waals surface area contributed by atoms with Crippen molar-refractivity contribution < 1.29 is 19.4 Å². The average Bonchev–Trinajstić information content (AvgIpc) is 3.47. The van der Waals surface area contributed by atoms with Crippen LogP contribution in [-0.2, 0) is 15.1 Å². The summed E-state index contributed by atoms with van der Waals surface area (Å²) in [6.45, 7) is 6.60. The Bertz CT molecular complexity index is 1320. The van der Waals surface area contributed by atoms with E-state index in [1.807, 2.05) is 37.0 Å². The molecule has 3 aliphatic rings. The van der Waals surface area contributed by atoms with Crippen molar-refractivity contribution in [1.29, 1.82) is 0 Å². The van der Waals surface area contributed by atoms with Gasteiger partial charge in [0.05, 0.1) is 29.6 Å². The summed E-state index contributed by atoms with van der Waals surface area (Å²) in [6, 6.07) is 5.84. The number of carbonyl (C=O) groups is 1. The van der Waals surface area contributed by atoms with Crippen molar-refractivity contribution in [3.63, 3.8) is 0 Å². The average molecular weight is 505 g/mol. The first-order valence-electron chi connectivity index (χ1n) is 12.9. The molecule has 0 spiro atoms. The van der Waals surface area contributed by atoms with Crippen LogP contribution in [-0.4, -0.2) is 63.2 Å². The smallest absolute Gasteiger partial charge is 0.341 e. The van der Waals surface area contributed by atoms with Gasteiger partial charge in [0, 0.05) is 55.9 Å². The normalized spacial score (nSPS) is 21.5. The summed E-state index contributed by atoms with van der Waals surface area (Å²) in [6.07, 6.45) is 9.10. The van der Waals surface area contributed by atoms with E-state index in [0.29, 0.717) is 35.5 Å². The maximum atomic E-state index is 12.1. The molecule has 2 fully saturated rings. The molecule has 0 aliphatic carbocycles. The third-order valence-corrected chi connectivity index (χ3v) is 7.39. The number of hydrogen-bond acceptors (Lipinski definition) is 9. The Morgan fingerprint density at radius 3 is 2.76 bits per heavy atom. The molecule has 194 valence electrons. The number of cyclic esters (lactones) is 1. The quantitative estimate of drug-likeness (QED) is 0.501. The minimum Gasteiger partial charge on any atom is -0.449 e. The molecule has 0 unspecified atom stereocenters. The number of anilines is 3. The van der Waals surface area contributed by atoms with E-state index in [0.717, 1.165) is 62.3 Å². The number of β-amino-alcohol motifs (C(OH)–C–C–N with tert-alkyl or cyclic N) is 1. The highest BCUT2D eigenvalue weighted by Gasteiger charge is 2.39. The van der Waals surface area contributed by atoms with E-state index < -0.39 is 5.60 Å². The zero-order valence-corrected chi connectivity index (χ0v) is 21.2. The molecule has 0 radical (unpaired) electrons. The van der Waals surface area contributed by atoms with Crippen LogP contribution in [0, 0.1) is 0 Å². The van der Waals surface area contributed by atoms with Crippen molar-refractivity contribution in [1.82, 2.24) is 19.7 Å². The first-order valence-corrected chi connectivity index (χ1v) is 12.9. The molecule has 6 heterocycles. The van der Waals surface area contributed by atoms with Gasteiger partial charge in [-0.25, -0.2) is 14.8 Å². The van der Waals surface area contributed by atoms with Gasteiger partial charge in [-0.3, -0.25) is 4.68 Å². The van der Waals surface area contributed by atoms with Crippen molar-refractivity contribution in [3.05, 3.63) is 48.0 Å². The number of pyridine rings is 2. The Hall–Kier alpha value is -3.50. The van der Waals surface area contributed by atoms with Crippen LogP contribution in [0.5, 0.6) is 0 Å². The lowest BCUT2D eigenvalue weighted by Crippen LogP contribution is -2.38. The summed E-state index contributed by atoms with van der Waals surface area (Å²) in [5, 5.41) is 18.4. The Labute approximate surface area is 215 Å². The van der Waals surface area contributed by atoms with Crippen LogP contribution in [0.25, 0.3) is 11.1 Å². The highest BCUT2D eigenvalue weighted by molar-refractivity contribution is 5.94. The number of ether oxygens (including phenoxy) is 2. The largest absolute Gasteiger partial charge is 0.449 e. The summed E-state index contributed by atoms with van der Waals surface area (Å²) >= 11 is 0. The SMILES string of the molecule is CC1(C)OC(=O)c2ccc(Nc3cc(N4CCC[C@H](O)C4)c(-c4cnn(C5CCOCC5)c4)cn3)nc21. The Morgan fingerprint density at radius 1 is 1.11 bits per heavy atom. The van der Waals surface area contributed by atoms with Crippen LogP contribution in [0.3, 0.4) is 0 Å². The molecule has 0 aromatic carbocycles. The van der Waals surface area contributed by atoms with Crippen LogP contribution in [0.15, 0.2) is 36.8 Å². The van der Waals surface area contributed by atoms with Crippen LogP contribution in [0.4, 0.5) is 17.3 Å². The molecule has 0 bridgehead atoms. The number of carbonyl (C=O) groups excluding carboxylic acids is 1. The second-order valence-electron chi connectivity index (χ2n) is 10.5. The Morgan fingerprint density at radius 2 is 1.95 bits per heavy atom. The fourth-order valence-corrected chi connectivity index (χ4v) is 5.42. The van der Waals surface area contributed by atoms with E-state index in [1.54, 1.807) is 12.1 Å². The molecule has 2 N–H and O–H groups in total. The summed E-state index contributed by atoms with van der Waals surface area (Å²) < 4.78 is 13.0. The maximum absolute atomic E-state index is 12.1.